The Morgan fingerprint density at radius 1 is 1.27 bits per heavy atom. The van der Waals surface area contributed by atoms with Gasteiger partial charge in [-0.1, -0.05) is 22.9 Å². The molecular weight excluding hydrogens is 190 g/mol. The lowest BCUT2D eigenvalue weighted by molar-refractivity contribution is 0.248. The molecular formula is C12H13NO2. The van der Waals surface area contributed by atoms with E-state index in [1.54, 1.807) is 12.3 Å². The summed E-state index contributed by atoms with van der Waals surface area (Å²) in [6.45, 7) is 4.51. The topological polar surface area (TPSA) is 35.3 Å². The second-order valence-electron chi connectivity index (χ2n) is 3.54. The normalized spacial score (nSPS) is 10.3. The molecule has 0 amide bonds. The highest BCUT2D eigenvalue weighted by Gasteiger charge is 2.02. The molecule has 0 saturated heterocycles. The van der Waals surface area contributed by atoms with E-state index < -0.39 is 0 Å². The minimum Gasteiger partial charge on any atom is -0.485 e. The Morgan fingerprint density at radius 2 is 2.13 bits per heavy atom. The Bertz CT molecular complexity index is 435. The monoisotopic (exact) mass is 203 g/mol. The van der Waals surface area contributed by atoms with Gasteiger partial charge in [0.05, 0.1) is 6.20 Å². The van der Waals surface area contributed by atoms with E-state index in [0.717, 1.165) is 17.1 Å². The predicted molar refractivity (Wildman–Crippen MR) is 56.8 cm³/mol. The third kappa shape index (κ3) is 2.37. The molecule has 0 radical (unpaired) electrons. The number of ether oxygens (including phenoxy) is 1. The van der Waals surface area contributed by atoms with Crippen molar-refractivity contribution in [3.05, 3.63) is 47.3 Å². The summed E-state index contributed by atoms with van der Waals surface area (Å²) in [5.74, 6) is 1.62. The van der Waals surface area contributed by atoms with Crippen molar-refractivity contribution < 1.29 is 9.26 Å². The van der Waals surface area contributed by atoms with Gasteiger partial charge in [-0.25, -0.2) is 0 Å². The van der Waals surface area contributed by atoms with Crippen LogP contribution in [0, 0.1) is 13.8 Å². The first kappa shape index (κ1) is 9.77. The molecule has 1 aromatic carbocycles. The van der Waals surface area contributed by atoms with Crippen molar-refractivity contribution in [2.45, 2.75) is 20.5 Å². The molecule has 0 N–H and O–H groups in total. The Hall–Kier alpha value is -1.77. The first-order valence-electron chi connectivity index (χ1n) is 4.85. The molecule has 0 atom stereocenters. The summed E-state index contributed by atoms with van der Waals surface area (Å²) < 4.78 is 10.5. The highest BCUT2D eigenvalue weighted by atomic mass is 16.5. The first-order valence-corrected chi connectivity index (χ1v) is 4.85. The number of nitrogens with zero attached hydrogens (tertiary/aromatic N) is 1. The molecule has 0 aliphatic carbocycles. The third-order valence-electron chi connectivity index (χ3n) is 2.19. The molecule has 0 aliphatic rings. The summed E-state index contributed by atoms with van der Waals surface area (Å²) in [6.07, 6.45) is 1.61. The maximum absolute atomic E-state index is 5.60. The zero-order valence-corrected chi connectivity index (χ0v) is 8.86. The van der Waals surface area contributed by atoms with E-state index in [1.807, 2.05) is 19.1 Å². The van der Waals surface area contributed by atoms with Gasteiger partial charge in [0.2, 0.25) is 0 Å². The van der Waals surface area contributed by atoms with Crippen molar-refractivity contribution >= 4 is 0 Å². The Balaban J connectivity index is 2.05. The molecule has 0 spiro atoms. The van der Waals surface area contributed by atoms with Crippen LogP contribution in [0.2, 0.25) is 0 Å². The second-order valence-corrected chi connectivity index (χ2v) is 3.54. The summed E-state index contributed by atoms with van der Waals surface area (Å²) in [5.41, 5.74) is 2.37. The molecule has 0 bridgehead atoms. The average Bonchev–Trinajstić information content (AvgIpc) is 2.69. The fraction of sp³-hybridized carbons (Fsp3) is 0.250. The Labute approximate surface area is 88.7 Å². The van der Waals surface area contributed by atoms with Crippen LogP contribution in [0.3, 0.4) is 0 Å². The molecule has 0 unspecified atom stereocenters. The summed E-state index contributed by atoms with van der Waals surface area (Å²) in [7, 11) is 0. The summed E-state index contributed by atoms with van der Waals surface area (Å²) >= 11 is 0. The lowest BCUT2D eigenvalue weighted by atomic mass is 10.1. The molecule has 0 aliphatic heterocycles. The highest BCUT2D eigenvalue weighted by molar-refractivity contribution is 5.35. The van der Waals surface area contributed by atoms with Gasteiger partial charge in [0.1, 0.15) is 12.4 Å². The van der Waals surface area contributed by atoms with Crippen LogP contribution in [0.1, 0.15) is 16.9 Å². The van der Waals surface area contributed by atoms with Gasteiger partial charge in [-0.15, -0.1) is 0 Å². The van der Waals surface area contributed by atoms with Crippen LogP contribution in [0.25, 0.3) is 0 Å². The van der Waals surface area contributed by atoms with Crippen LogP contribution >= 0.6 is 0 Å². The van der Waals surface area contributed by atoms with Gasteiger partial charge in [0, 0.05) is 6.07 Å². The molecule has 3 nitrogen and oxygen atoms in total. The van der Waals surface area contributed by atoms with E-state index in [0.29, 0.717) is 6.61 Å². The summed E-state index contributed by atoms with van der Waals surface area (Å²) in [4.78, 5) is 0. The number of hydrogen-bond donors (Lipinski definition) is 0. The van der Waals surface area contributed by atoms with E-state index >= 15 is 0 Å². The molecule has 1 aromatic heterocycles. The molecule has 2 rings (SSSR count). The lowest BCUT2D eigenvalue weighted by Crippen LogP contribution is -1.95. The van der Waals surface area contributed by atoms with Crippen LogP contribution in [0.15, 0.2) is 35.0 Å². The molecule has 1 heterocycles. The Morgan fingerprint density at radius 3 is 2.80 bits per heavy atom. The SMILES string of the molecule is Cc1ccc(OCc2ccno2)c(C)c1. The molecule has 3 heteroatoms. The average molecular weight is 203 g/mol. The number of hydrogen-bond acceptors (Lipinski definition) is 3. The third-order valence-corrected chi connectivity index (χ3v) is 2.19. The van der Waals surface area contributed by atoms with Crippen LogP contribution in [0.4, 0.5) is 0 Å². The van der Waals surface area contributed by atoms with Gasteiger partial charge in [0.25, 0.3) is 0 Å². The first-order chi connectivity index (χ1) is 7.25. The largest absolute Gasteiger partial charge is 0.485 e. The van der Waals surface area contributed by atoms with E-state index in [1.165, 1.54) is 5.56 Å². The maximum Gasteiger partial charge on any atom is 0.174 e. The van der Waals surface area contributed by atoms with Crippen molar-refractivity contribution in [3.63, 3.8) is 0 Å². The van der Waals surface area contributed by atoms with Crippen molar-refractivity contribution in [2.24, 2.45) is 0 Å². The quantitative estimate of drug-likeness (QED) is 0.769. The zero-order chi connectivity index (χ0) is 10.7. The second kappa shape index (κ2) is 4.17. The standard InChI is InChI=1S/C12H13NO2/c1-9-3-4-12(10(2)7-9)14-8-11-5-6-13-15-11/h3-7H,8H2,1-2H3. The minimum atomic E-state index is 0.421. The number of rotatable bonds is 3. The maximum atomic E-state index is 5.60. The van der Waals surface area contributed by atoms with Gasteiger partial charge in [-0.2, -0.15) is 0 Å². The smallest absolute Gasteiger partial charge is 0.174 e. The van der Waals surface area contributed by atoms with E-state index in [2.05, 4.69) is 18.1 Å². The van der Waals surface area contributed by atoms with Crippen molar-refractivity contribution in [2.75, 3.05) is 0 Å². The Kier molecular flexibility index (Phi) is 2.72. The number of aryl methyl sites for hydroxylation is 2. The summed E-state index contributed by atoms with van der Waals surface area (Å²) in [5, 5.41) is 3.62. The molecule has 0 fully saturated rings. The van der Waals surface area contributed by atoms with E-state index in [4.69, 9.17) is 9.26 Å². The van der Waals surface area contributed by atoms with Gasteiger partial charge in [-0.05, 0) is 25.5 Å². The van der Waals surface area contributed by atoms with Crippen LogP contribution in [0.5, 0.6) is 5.75 Å². The molecule has 2 aromatic rings. The van der Waals surface area contributed by atoms with Crippen LogP contribution in [-0.4, -0.2) is 5.16 Å². The van der Waals surface area contributed by atoms with Crippen molar-refractivity contribution in [1.29, 1.82) is 0 Å². The van der Waals surface area contributed by atoms with Gasteiger partial charge >= 0.3 is 0 Å². The lowest BCUT2D eigenvalue weighted by Gasteiger charge is -2.07. The van der Waals surface area contributed by atoms with E-state index in [-0.39, 0.29) is 0 Å². The van der Waals surface area contributed by atoms with Gasteiger partial charge in [-0.3, -0.25) is 0 Å². The van der Waals surface area contributed by atoms with Crippen LogP contribution < -0.4 is 4.74 Å². The van der Waals surface area contributed by atoms with Crippen LogP contribution in [-0.2, 0) is 6.61 Å². The van der Waals surface area contributed by atoms with Crippen molar-refractivity contribution in [1.82, 2.24) is 5.16 Å². The summed E-state index contributed by atoms with van der Waals surface area (Å²) in [6, 6.07) is 7.89. The van der Waals surface area contributed by atoms with Gasteiger partial charge in [0.15, 0.2) is 5.76 Å². The fourth-order valence-corrected chi connectivity index (χ4v) is 1.43. The zero-order valence-electron chi connectivity index (χ0n) is 8.86. The predicted octanol–water partition coefficient (Wildman–Crippen LogP) is 2.87. The number of benzene rings is 1. The molecule has 0 saturated carbocycles. The fourth-order valence-electron chi connectivity index (χ4n) is 1.43. The van der Waals surface area contributed by atoms with E-state index in [9.17, 15) is 0 Å². The van der Waals surface area contributed by atoms with Gasteiger partial charge < -0.3 is 9.26 Å². The number of aromatic nitrogens is 1. The highest BCUT2D eigenvalue weighted by Crippen LogP contribution is 2.19. The van der Waals surface area contributed by atoms with Crippen molar-refractivity contribution in [3.8, 4) is 5.75 Å². The molecule has 15 heavy (non-hydrogen) atoms. The minimum absolute atomic E-state index is 0.421. The molecule has 78 valence electrons.